The maximum Gasteiger partial charge on any atom is 0.132 e. The lowest BCUT2D eigenvalue weighted by Crippen LogP contribution is -2.05. The number of nitrogens with zero attached hydrogens (tertiary/aromatic N) is 3. The second-order valence-corrected chi connectivity index (χ2v) is 5.48. The summed E-state index contributed by atoms with van der Waals surface area (Å²) in [6, 6.07) is 9.68. The zero-order valence-electron chi connectivity index (χ0n) is 13.8. The van der Waals surface area contributed by atoms with Gasteiger partial charge >= 0.3 is 0 Å². The van der Waals surface area contributed by atoms with Gasteiger partial charge in [-0.2, -0.15) is 5.26 Å². The molecule has 2 heterocycles. The van der Waals surface area contributed by atoms with Gasteiger partial charge in [-0.1, -0.05) is 6.92 Å². The number of hydrogen-bond acceptors (Lipinski definition) is 5. The Hall–Kier alpha value is -2.45. The summed E-state index contributed by atoms with van der Waals surface area (Å²) in [6.07, 6.45) is 3.65. The van der Waals surface area contributed by atoms with Crippen LogP contribution in [0.25, 0.3) is 0 Å². The van der Waals surface area contributed by atoms with Crippen molar-refractivity contribution in [1.29, 1.82) is 5.26 Å². The molecule has 120 valence electrons. The van der Waals surface area contributed by atoms with Crippen LogP contribution in [0.2, 0.25) is 0 Å². The van der Waals surface area contributed by atoms with Gasteiger partial charge in [0, 0.05) is 25.6 Å². The van der Waals surface area contributed by atoms with Crippen LogP contribution >= 0.6 is 0 Å². The Morgan fingerprint density at radius 1 is 1.30 bits per heavy atom. The molecular formula is C18H22N4O. The Balaban J connectivity index is 2.24. The Bertz CT molecular complexity index is 694. The van der Waals surface area contributed by atoms with Gasteiger partial charge in [0.2, 0.25) is 0 Å². The first-order valence-corrected chi connectivity index (χ1v) is 7.77. The summed E-state index contributed by atoms with van der Waals surface area (Å²) in [5, 5.41) is 12.2. The molecule has 1 N–H and O–H groups in total. The first-order valence-electron chi connectivity index (χ1n) is 7.77. The van der Waals surface area contributed by atoms with Crippen LogP contribution in [0.1, 0.15) is 42.5 Å². The number of methoxy groups -OCH3 is 1. The molecule has 5 heteroatoms. The molecule has 0 saturated heterocycles. The SMILES string of the molecule is CCC(CCOC)c1cc(C)nc(Nc2cc(C#N)ccn2)c1. The molecular weight excluding hydrogens is 288 g/mol. The van der Waals surface area contributed by atoms with Crippen molar-refractivity contribution in [1.82, 2.24) is 9.97 Å². The highest BCUT2D eigenvalue weighted by molar-refractivity contribution is 5.55. The highest BCUT2D eigenvalue weighted by Gasteiger charge is 2.12. The Labute approximate surface area is 137 Å². The first kappa shape index (κ1) is 16.9. The van der Waals surface area contributed by atoms with Gasteiger partial charge in [-0.15, -0.1) is 0 Å². The molecule has 0 aromatic carbocycles. The standard InChI is InChI=1S/C18H22N4O/c1-4-15(6-8-23-3)16-9-13(2)21-18(11-16)22-17-10-14(12-19)5-7-20-17/h5,7,9-11,15H,4,6,8H2,1-3H3,(H,20,21,22). The van der Waals surface area contributed by atoms with Crippen LogP contribution in [-0.2, 0) is 4.74 Å². The first-order chi connectivity index (χ1) is 11.2. The van der Waals surface area contributed by atoms with Crippen LogP contribution in [0.15, 0.2) is 30.5 Å². The van der Waals surface area contributed by atoms with E-state index in [1.165, 1.54) is 5.56 Å². The summed E-state index contributed by atoms with van der Waals surface area (Å²) in [4.78, 5) is 8.75. The number of ether oxygens (including phenoxy) is 1. The molecule has 1 atom stereocenters. The predicted octanol–water partition coefficient (Wildman–Crippen LogP) is 3.93. The molecule has 0 aliphatic carbocycles. The topological polar surface area (TPSA) is 70.8 Å². The number of hydrogen-bond donors (Lipinski definition) is 1. The maximum atomic E-state index is 8.97. The fourth-order valence-corrected chi connectivity index (χ4v) is 2.56. The molecule has 1 unspecified atom stereocenters. The quantitative estimate of drug-likeness (QED) is 0.839. The van der Waals surface area contributed by atoms with Crippen molar-refractivity contribution >= 4 is 11.6 Å². The molecule has 2 aromatic rings. The largest absolute Gasteiger partial charge is 0.385 e. The molecule has 0 saturated carbocycles. The highest BCUT2D eigenvalue weighted by Crippen LogP contribution is 2.26. The number of nitrogens with one attached hydrogen (secondary N) is 1. The van der Waals surface area contributed by atoms with Crippen molar-refractivity contribution < 1.29 is 4.74 Å². The molecule has 0 bridgehead atoms. The number of anilines is 2. The van der Waals surface area contributed by atoms with Crippen molar-refractivity contribution in [3.63, 3.8) is 0 Å². The van der Waals surface area contributed by atoms with Gasteiger partial charge in [-0.3, -0.25) is 0 Å². The fourth-order valence-electron chi connectivity index (χ4n) is 2.56. The minimum Gasteiger partial charge on any atom is -0.385 e. The van der Waals surface area contributed by atoms with Crippen LogP contribution in [0, 0.1) is 18.3 Å². The van der Waals surface area contributed by atoms with Crippen LogP contribution < -0.4 is 5.32 Å². The van der Waals surface area contributed by atoms with Gasteiger partial charge in [0.1, 0.15) is 11.6 Å². The van der Waals surface area contributed by atoms with E-state index in [1.54, 1.807) is 25.4 Å². The summed E-state index contributed by atoms with van der Waals surface area (Å²) in [5.74, 6) is 1.81. The predicted molar refractivity (Wildman–Crippen MR) is 90.7 cm³/mol. The van der Waals surface area contributed by atoms with Gasteiger partial charge in [0.15, 0.2) is 0 Å². The van der Waals surface area contributed by atoms with Crippen LogP contribution in [0.4, 0.5) is 11.6 Å². The third-order valence-corrected chi connectivity index (χ3v) is 3.76. The van der Waals surface area contributed by atoms with Gasteiger partial charge < -0.3 is 10.1 Å². The van der Waals surface area contributed by atoms with E-state index < -0.39 is 0 Å². The Morgan fingerprint density at radius 2 is 2.13 bits per heavy atom. The molecule has 0 spiro atoms. The maximum absolute atomic E-state index is 8.97. The summed E-state index contributed by atoms with van der Waals surface area (Å²) >= 11 is 0. The van der Waals surface area contributed by atoms with Crippen LogP contribution in [-0.4, -0.2) is 23.7 Å². The third kappa shape index (κ3) is 4.76. The molecule has 2 aromatic heterocycles. The van der Waals surface area contributed by atoms with E-state index in [0.29, 0.717) is 17.3 Å². The summed E-state index contributed by atoms with van der Waals surface area (Å²) in [5.41, 5.74) is 2.77. The third-order valence-electron chi connectivity index (χ3n) is 3.76. The van der Waals surface area contributed by atoms with E-state index in [9.17, 15) is 0 Å². The Kier molecular flexibility index (Phi) is 6.07. The summed E-state index contributed by atoms with van der Waals surface area (Å²) in [7, 11) is 1.73. The van der Waals surface area contributed by atoms with E-state index in [1.807, 2.05) is 6.92 Å². The zero-order chi connectivity index (χ0) is 16.7. The fraction of sp³-hybridized carbons (Fsp3) is 0.389. The summed E-state index contributed by atoms with van der Waals surface area (Å²) in [6.45, 7) is 4.91. The van der Waals surface area contributed by atoms with Crippen molar-refractivity contribution in [2.75, 3.05) is 19.0 Å². The van der Waals surface area contributed by atoms with E-state index >= 15 is 0 Å². The molecule has 0 aliphatic heterocycles. The van der Waals surface area contributed by atoms with Crippen molar-refractivity contribution in [2.45, 2.75) is 32.6 Å². The molecule has 23 heavy (non-hydrogen) atoms. The lowest BCUT2D eigenvalue weighted by atomic mass is 9.93. The highest BCUT2D eigenvalue weighted by atomic mass is 16.5. The number of aryl methyl sites for hydroxylation is 1. The smallest absolute Gasteiger partial charge is 0.132 e. The van der Waals surface area contributed by atoms with Gasteiger partial charge in [0.05, 0.1) is 11.6 Å². The van der Waals surface area contributed by atoms with Crippen molar-refractivity contribution in [3.8, 4) is 6.07 Å². The average Bonchev–Trinajstić information content (AvgIpc) is 2.55. The van der Waals surface area contributed by atoms with Crippen LogP contribution in [0.3, 0.4) is 0 Å². The normalized spacial score (nSPS) is 11.7. The van der Waals surface area contributed by atoms with Crippen molar-refractivity contribution in [3.05, 3.63) is 47.3 Å². The lowest BCUT2D eigenvalue weighted by molar-refractivity contribution is 0.187. The monoisotopic (exact) mass is 310 g/mol. The molecule has 0 radical (unpaired) electrons. The van der Waals surface area contributed by atoms with Gasteiger partial charge in [-0.25, -0.2) is 9.97 Å². The number of aromatic nitrogens is 2. The van der Waals surface area contributed by atoms with E-state index in [4.69, 9.17) is 10.00 Å². The Morgan fingerprint density at radius 3 is 2.83 bits per heavy atom. The van der Waals surface area contributed by atoms with Gasteiger partial charge in [-0.05, 0) is 55.5 Å². The summed E-state index contributed by atoms with van der Waals surface area (Å²) < 4.78 is 5.21. The number of rotatable bonds is 7. The average molecular weight is 310 g/mol. The molecule has 0 aliphatic rings. The minimum absolute atomic E-state index is 0.440. The minimum atomic E-state index is 0.440. The van der Waals surface area contributed by atoms with E-state index in [2.05, 4.69) is 40.4 Å². The van der Waals surface area contributed by atoms with Gasteiger partial charge in [0.25, 0.3) is 0 Å². The van der Waals surface area contributed by atoms with E-state index in [0.717, 1.165) is 31.0 Å². The molecule has 2 rings (SSSR count). The van der Waals surface area contributed by atoms with Crippen LogP contribution in [0.5, 0.6) is 0 Å². The zero-order valence-corrected chi connectivity index (χ0v) is 13.8. The number of nitriles is 1. The lowest BCUT2D eigenvalue weighted by Gasteiger charge is -2.17. The second kappa shape index (κ2) is 8.25. The molecule has 0 amide bonds. The van der Waals surface area contributed by atoms with E-state index in [-0.39, 0.29) is 0 Å². The molecule has 0 fully saturated rings. The van der Waals surface area contributed by atoms with Crippen molar-refractivity contribution in [2.24, 2.45) is 0 Å². The molecule has 5 nitrogen and oxygen atoms in total. The second-order valence-electron chi connectivity index (χ2n) is 5.48. The number of pyridine rings is 2.